The molecule has 0 radical (unpaired) electrons. The van der Waals surface area contributed by atoms with Gasteiger partial charge in [-0.25, -0.2) is 0 Å². The molecule has 2 aliphatic rings. The third-order valence-corrected chi connectivity index (χ3v) is 5.32. The van der Waals surface area contributed by atoms with Gasteiger partial charge in [0, 0.05) is 57.6 Å². The molecule has 3 heterocycles. The van der Waals surface area contributed by atoms with Crippen molar-refractivity contribution in [2.75, 3.05) is 59.5 Å². The quantitative estimate of drug-likeness (QED) is 0.792. The number of hydrogen-bond acceptors (Lipinski definition) is 5. The van der Waals surface area contributed by atoms with Crippen molar-refractivity contribution >= 4 is 5.91 Å². The van der Waals surface area contributed by atoms with Crippen molar-refractivity contribution in [3.8, 4) is 0 Å². The third kappa shape index (κ3) is 4.34. The molecular formula is C17H29N5O2. The van der Waals surface area contributed by atoms with Crippen LogP contribution in [0.2, 0.25) is 0 Å². The monoisotopic (exact) mass is 335 g/mol. The number of amides is 1. The molecule has 1 N–H and O–H groups in total. The molecule has 2 fully saturated rings. The Morgan fingerprint density at radius 2 is 2.04 bits per heavy atom. The summed E-state index contributed by atoms with van der Waals surface area (Å²) < 4.78 is 1.66. The molecule has 3 rings (SSSR count). The first-order chi connectivity index (χ1) is 11.7. The highest BCUT2D eigenvalue weighted by Gasteiger charge is 2.35. The Bertz CT molecular complexity index is 521. The van der Waals surface area contributed by atoms with Crippen LogP contribution in [0.25, 0.3) is 0 Å². The van der Waals surface area contributed by atoms with Gasteiger partial charge in [0.15, 0.2) is 0 Å². The van der Waals surface area contributed by atoms with Gasteiger partial charge in [-0.05, 0) is 38.5 Å². The van der Waals surface area contributed by atoms with Gasteiger partial charge in [-0.1, -0.05) is 0 Å². The molecule has 1 aromatic rings. The predicted molar refractivity (Wildman–Crippen MR) is 91.4 cm³/mol. The van der Waals surface area contributed by atoms with E-state index in [1.54, 1.807) is 10.9 Å². The number of aliphatic hydroxyl groups is 1. The lowest BCUT2D eigenvalue weighted by atomic mass is 9.96. The molecule has 0 bridgehead atoms. The van der Waals surface area contributed by atoms with E-state index in [2.05, 4.69) is 21.9 Å². The van der Waals surface area contributed by atoms with Crippen LogP contribution in [0, 0.1) is 11.8 Å². The second-order valence-electron chi connectivity index (χ2n) is 7.16. The smallest absolute Gasteiger partial charge is 0.244 e. The summed E-state index contributed by atoms with van der Waals surface area (Å²) in [6.45, 7) is 7.26. The molecule has 2 aliphatic heterocycles. The standard InChI is InChI=1S/C17H29N5O2/c1-19-5-3-6-20(9-8-19)10-15-11-21(12-16(15)14-23)17(24)13-22-7-2-4-18-22/h2,4,7,15-16,23H,3,5-6,8-14H2,1H3/t15-,16-/m1/s1. The van der Waals surface area contributed by atoms with Gasteiger partial charge in [-0.2, -0.15) is 5.10 Å². The highest BCUT2D eigenvalue weighted by molar-refractivity contribution is 5.76. The summed E-state index contributed by atoms with van der Waals surface area (Å²) in [5.41, 5.74) is 0. The van der Waals surface area contributed by atoms with Crippen molar-refractivity contribution in [2.45, 2.75) is 13.0 Å². The van der Waals surface area contributed by atoms with E-state index in [0.717, 1.165) is 39.3 Å². The Kier molecular flexibility index (Phi) is 5.86. The first-order valence-corrected chi connectivity index (χ1v) is 8.92. The van der Waals surface area contributed by atoms with E-state index in [9.17, 15) is 9.90 Å². The molecule has 1 aromatic heterocycles. The maximum atomic E-state index is 12.5. The zero-order valence-corrected chi connectivity index (χ0v) is 14.5. The van der Waals surface area contributed by atoms with Crippen LogP contribution >= 0.6 is 0 Å². The summed E-state index contributed by atoms with van der Waals surface area (Å²) in [5.74, 6) is 0.641. The van der Waals surface area contributed by atoms with Crippen molar-refractivity contribution in [3.63, 3.8) is 0 Å². The molecule has 0 unspecified atom stereocenters. The van der Waals surface area contributed by atoms with Crippen LogP contribution in [0.3, 0.4) is 0 Å². The van der Waals surface area contributed by atoms with Crippen LogP contribution in [0.4, 0.5) is 0 Å². The fourth-order valence-corrected chi connectivity index (χ4v) is 3.80. The van der Waals surface area contributed by atoms with E-state index >= 15 is 0 Å². The fraction of sp³-hybridized carbons (Fsp3) is 0.765. The molecule has 24 heavy (non-hydrogen) atoms. The molecule has 0 saturated carbocycles. The average Bonchev–Trinajstić information content (AvgIpc) is 3.17. The molecule has 7 nitrogen and oxygen atoms in total. The first-order valence-electron chi connectivity index (χ1n) is 8.92. The minimum Gasteiger partial charge on any atom is -0.396 e. The number of likely N-dealkylation sites (tertiary alicyclic amines) is 1. The van der Waals surface area contributed by atoms with E-state index in [-0.39, 0.29) is 25.0 Å². The summed E-state index contributed by atoms with van der Waals surface area (Å²) in [4.78, 5) is 19.2. The van der Waals surface area contributed by atoms with E-state index in [0.29, 0.717) is 12.5 Å². The maximum absolute atomic E-state index is 12.5. The molecule has 0 aliphatic carbocycles. The van der Waals surface area contributed by atoms with Gasteiger partial charge in [0.2, 0.25) is 5.91 Å². The maximum Gasteiger partial charge on any atom is 0.244 e. The number of carbonyl (C=O) groups excluding carboxylic acids is 1. The second kappa shape index (κ2) is 8.09. The molecule has 2 saturated heterocycles. The molecule has 2 atom stereocenters. The van der Waals surface area contributed by atoms with Gasteiger partial charge in [0.25, 0.3) is 0 Å². The second-order valence-corrected chi connectivity index (χ2v) is 7.16. The van der Waals surface area contributed by atoms with Crippen molar-refractivity contribution in [1.29, 1.82) is 0 Å². The Hall–Kier alpha value is -1.44. The lowest BCUT2D eigenvalue weighted by Crippen LogP contribution is -2.37. The summed E-state index contributed by atoms with van der Waals surface area (Å²) in [5, 5.41) is 13.8. The van der Waals surface area contributed by atoms with E-state index in [1.165, 1.54) is 6.42 Å². The normalized spacial score (nSPS) is 26.7. The van der Waals surface area contributed by atoms with Gasteiger partial charge in [-0.15, -0.1) is 0 Å². The first kappa shape index (κ1) is 17.4. The zero-order valence-electron chi connectivity index (χ0n) is 14.5. The SMILES string of the molecule is CN1CCCN(C[C@@H]2CN(C(=O)Cn3cccn3)C[C@@H]2CO)CC1. The number of rotatable bonds is 5. The van der Waals surface area contributed by atoms with Crippen molar-refractivity contribution in [2.24, 2.45) is 11.8 Å². The number of aromatic nitrogens is 2. The number of carbonyl (C=O) groups is 1. The van der Waals surface area contributed by atoms with Crippen molar-refractivity contribution in [3.05, 3.63) is 18.5 Å². The number of hydrogen-bond donors (Lipinski definition) is 1. The van der Waals surface area contributed by atoms with Crippen LogP contribution in [0.1, 0.15) is 6.42 Å². The van der Waals surface area contributed by atoms with Crippen molar-refractivity contribution < 1.29 is 9.90 Å². The van der Waals surface area contributed by atoms with E-state index < -0.39 is 0 Å². The molecule has 7 heteroatoms. The Balaban J connectivity index is 1.54. The van der Waals surface area contributed by atoms with Crippen LogP contribution < -0.4 is 0 Å². The van der Waals surface area contributed by atoms with Gasteiger partial charge < -0.3 is 19.8 Å². The fourth-order valence-electron chi connectivity index (χ4n) is 3.80. The molecule has 0 aromatic carbocycles. The van der Waals surface area contributed by atoms with Crippen LogP contribution in [0.5, 0.6) is 0 Å². The minimum absolute atomic E-state index is 0.0928. The zero-order chi connectivity index (χ0) is 16.9. The number of nitrogens with zero attached hydrogens (tertiary/aromatic N) is 5. The molecule has 0 spiro atoms. The Labute approximate surface area is 143 Å². The largest absolute Gasteiger partial charge is 0.396 e. The van der Waals surface area contributed by atoms with Crippen LogP contribution in [0.15, 0.2) is 18.5 Å². The van der Waals surface area contributed by atoms with Gasteiger partial charge in [0.05, 0.1) is 0 Å². The summed E-state index contributed by atoms with van der Waals surface area (Å²) in [6.07, 6.45) is 4.69. The number of aliphatic hydroxyl groups excluding tert-OH is 1. The number of likely N-dealkylation sites (N-methyl/N-ethyl adjacent to an activating group) is 1. The minimum atomic E-state index is 0.0928. The average molecular weight is 335 g/mol. The predicted octanol–water partition coefficient (Wildman–Crippen LogP) is -0.412. The molecular weight excluding hydrogens is 306 g/mol. The van der Waals surface area contributed by atoms with Crippen molar-refractivity contribution in [1.82, 2.24) is 24.5 Å². The molecule has 1 amide bonds. The molecule has 134 valence electrons. The lowest BCUT2D eigenvalue weighted by molar-refractivity contribution is -0.131. The van der Waals surface area contributed by atoms with Gasteiger partial charge >= 0.3 is 0 Å². The van der Waals surface area contributed by atoms with Gasteiger partial charge in [-0.3, -0.25) is 9.48 Å². The summed E-state index contributed by atoms with van der Waals surface area (Å²) in [7, 11) is 2.17. The summed E-state index contributed by atoms with van der Waals surface area (Å²) in [6, 6.07) is 1.83. The van der Waals surface area contributed by atoms with Crippen LogP contribution in [-0.4, -0.2) is 95.0 Å². The summed E-state index contributed by atoms with van der Waals surface area (Å²) >= 11 is 0. The Morgan fingerprint density at radius 3 is 2.79 bits per heavy atom. The highest BCUT2D eigenvalue weighted by Crippen LogP contribution is 2.25. The topological polar surface area (TPSA) is 64.8 Å². The Morgan fingerprint density at radius 1 is 1.21 bits per heavy atom. The third-order valence-electron chi connectivity index (χ3n) is 5.32. The van der Waals surface area contributed by atoms with E-state index in [1.807, 2.05) is 17.2 Å². The van der Waals surface area contributed by atoms with E-state index in [4.69, 9.17) is 0 Å². The van der Waals surface area contributed by atoms with Crippen LogP contribution in [-0.2, 0) is 11.3 Å². The van der Waals surface area contributed by atoms with Gasteiger partial charge in [0.1, 0.15) is 6.54 Å². The lowest BCUT2D eigenvalue weighted by Gasteiger charge is -2.26. The highest BCUT2D eigenvalue weighted by atomic mass is 16.3.